The average Bonchev–Trinajstić information content (AvgIpc) is 2.41. The summed E-state index contributed by atoms with van der Waals surface area (Å²) < 4.78 is 18.6. The molecule has 0 bridgehead atoms. The molecule has 2 unspecified atom stereocenters. The minimum absolute atomic E-state index is 0.0493. The van der Waals surface area contributed by atoms with Crippen LogP contribution in [0.1, 0.15) is 10.4 Å². The number of hydrogen-bond donors (Lipinski definition) is 0. The SMILES string of the molecule is Fc1cc(Cl)c2c(c1Cl)C(Br)C(Br)O2. The fourth-order valence-corrected chi connectivity index (χ4v) is 2.89. The maximum atomic E-state index is 13.2. The summed E-state index contributed by atoms with van der Waals surface area (Å²) in [6.07, 6.45) is 0. The third kappa shape index (κ3) is 1.56. The number of hydrogen-bond acceptors (Lipinski definition) is 1. The van der Waals surface area contributed by atoms with Gasteiger partial charge in [-0.05, 0) is 22.0 Å². The lowest BCUT2D eigenvalue weighted by atomic mass is 10.1. The minimum atomic E-state index is -0.537. The largest absolute Gasteiger partial charge is 0.476 e. The van der Waals surface area contributed by atoms with Crippen LogP contribution in [0.25, 0.3) is 0 Å². The highest BCUT2D eigenvalue weighted by molar-refractivity contribution is 9.12. The van der Waals surface area contributed by atoms with Crippen molar-refractivity contribution in [3.8, 4) is 5.75 Å². The van der Waals surface area contributed by atoms with Crippen molar-refractivity contribution in [3.05, 3.63) is 27.5 Å². The van der Waals surface area contributed by atoms with Crippen LogP contribution in [0.15, 0.2) is 6.07 Å². The van der Waals surface area contributed by atoms with E-state index in [4.69, 9.17) is 27.9 Å². The molecule has 1 heterocycles. The highest BCUT2D eigenvalue weighted by Gasteiger charge is 2.35. The average molecular weight is 365 g/mol. The molecule has 0 radical (unpaired) electrons. The van der Waals surface area contributed by atoms with E-state index in [1.165, 1.54) is 0 Å². The number of benzene rings is 1. The molecule has 1 aromatic carbocycles. The van der Waals surface area contributed by atoms with Crippen molar-refractivity contribution in [1.29, 1.82) is 0 Å². The van der Waals surface area contributed by atoms with Gasteiger partial charge in [0.25, 0.3) is 0 Å². The number of halogens is 5. The Kier molecular flexibility index (Phi) is 2.99. The number of rotatable bonds is 0. The van der Waals surface area contributed by atoms with E-state index in [2.05, 4.69) is 31.9 Å². The maximum absolute atomic E-state index is 13.2. The van der Waals surface area contributed by atoms with Crippen LogP contribution in [0.4, 0.5) is 4.39 Å². The van der Waals surface area contributed by atoms with Gasteiger partial charge in [-0.2, -0.15) is 0 Å². The molecule has 76 valence electrons. The van der Waals surface area contributed by atoms with E-state index in [0.717, 1.165) is 6.07 Å². The van der Waals surface area contributed by atoms with Crippen LogP contribution >= 0.6 is 55.1 Å². The molecule has 2 rings (SSSR count). The molecule has 0 saturated carbocycles. The van der Waals surface area contributed by atoms with Gasteiger partial charge in [0.1, 0.15) is 11.6 Å². The van der Waals surface area contributed by atoms with Gasteiger partial charge in [-0.1, -0.05) is 39.1 Å². The Morgan fingerprint density at radius 3 is 2.64 bits per heavy atom. The fraction of sp³-hybridized carbons (Fsp3) is 0.250. The molecule has 14 heavy (non-hydrogen) atoms. The summed E-state index contributed by atoms with van der Waals surface area (Å²) >= 11 is 18.2. The van der Waals surface area contributed by atoms with Crippen molar-refractivity contribution in [2.45, 2.75) is 9.84 Å². The van der Waals surface area contributed by atoms with Crippen LogP contribution in [0.2, 0.25) is 10.0 Å². The third-order valence-electron chi connectivity index (χ3n) is 1.90. The van der Waals surface area contributed by atoms with Crippen molar-refractivity contribution in [2.24, 2.45) is 0 Å². The van der Waals surface area contributed by atoms with Gasteiger partial charge in [0, 0.05) is 5.56 Å². The van der Waals surface area contributed by atoms with Crippen molar-refractivity contribution in [1.82, 2.24) is 0 Å². The standard InChI is InChI=1S/C8H3Br2Cl2FO/c9-5-4-6(12)3(13)1-2(11)7(4)14-8(5)10/h1,5,8H. The van der Waals surface area contributed by atoms with Gasteiger partial charge in [0.15, 0.2) is 5.01 Å². The zero-order chi connectivity index (χ0) is 10.5. The number of fused-ring (bicyclic) bond motifs is 1. The van der Waals surface area contributed by atoms with E-state index in [1.807, 2.05) is 0 Å². The highest BCUT2D eigenvalue weighted by atomic mass is 79.9. The lowest BCUT2D eigenvalue weighted by Gasteiger charge is -2.05. The minimum Gasteiger partial charge on any atom is -0.476 e. The van der Waals surface area contributed by atoms with Crippen molar-refractivity contribution in [3.63, 3.8) is 0 Å². The lowest BCUT2D eigenvalue weighted by molar-refractivity contribution is 0.329. The van der Waals surface area contributed by atoms with E-state index in [1.54, 1.807) is 0 Å². The Hall–Kier alpha value is 0.490. The zero-order valence-electron chi connectivity index (χ0n) is 6.53. The third-order valence-corrected chi connectivity index (χ3v) is 4.93. The molecule has 1 aliphatic heterocycles. The lowest BCUT2D eigenvalue weighted by Crippen LogP contribution is -2.04. The van der Waals surface area contributed by atoms with Crippen LogP contribution in [0.3, 0.4) is 0 Å². The summed E-state index contributed by atoms with van der Waals surface area (Å²) in [7, 11) is 0. The highest BCUT2D eigenvalue weighted by Crippen LogP contribution is 2.51. The Morgan fingerprint density at radius 1 is 1.36 bits per heavy atom. The zero-order valence-corrected chi connectivity index (χ0v) is 11.2. The predicted molar refractivity (Wildman–Crippen MR) is 61.4 cm³/mol. The second-order valence-electron chi connectivity index (χ2n) is 2.77. The first-order valence-corrected chi connectivity index (χ1v) is 6.23. The van der Waals surface area contributed by atoms with Gasteiger partial charge < -0.3 is 4.74 Å². The van der Waals surface area contributed by atoms with Crippen LogP contribution in [-0.4, -0.2) is 5.01 Å². The summed E-state index contributed by atoms with van der Waals surface area (Å²) in [5.41, 5.74) is 0.554. The molecule has 0 amide bonds. The first-order chi connectivity index (χ1) is 6.52. The second kappa shape index (κ2) is 3.81. The Bertz CT molecular complexity index is 399. The van der Waals surface area contributed by atoms with Crippen LogP contribution in [0.5, 0.6) is 5.75 Å². The summed E-state index contributed by atoms with van der Waals surface area (Å²) in [4.78, 5) is -0.196. The molecule has 2 atom stereocenters. The van der Waals surface area contributed by atoms with E-state index in [-0.39, 0.29) is 19.9 Å². The van der Waals surface area contributed by atoms with Gasteiger partial charge in [-0.15, -0.1) is 0 Å². The van der Waals surface area contributed by atoms with Gasteiger partial charge in [0.05, 0.1) is 14.9 Å². The quantitative estimate of drug-likeness (QED) is 0.479. The Labute approximate surface area is 107 Å². The molecule has 1 aliphatic rings. The summed E-state index contributed by atoms with van der Waals surface area (Å²) in [5, 5.41) is -0.00387. The van der Waals surface area contributed by atoms with E-state index < -0.39 is 5.82 Å². The normalized spacial score (nSPS) is 24.6. The predicted octanol–water partition coefficient (Wildman–Crippen LogP) is 4.68. The second-order valence-corrected chi connectivity index (χ2v) is 5.44. The Balaban J connectivity index is 2.67. The smallest absolute Gasteiger partial charge is 0.170 e. The molecule has 0 N–H and O–H groups in total. The first kappa shape index (κ1) is 11.0. The fourth-order valence-electron chi connectivity index (χ4n) is 1.27. The van der Waals surface area contributed by atoms with E-state index in [9.17, 15) is 4.39 Å². The van der Waals surface area contributed by atoms with Crippen molar-refractivity contribution in [2.75, 3.05) is 0 Å². The summed E-state index contributed by atoms with van der Waals surface area (Å²) in [5.74, 6) is -0.105. The van der Waals surface area contributed by atoms with Gasteiger partial charge in [-0.25, -0.2) is 4.39 Å². The molecule has 0 aliphatic carbocycles. The first-order valence-electron chi connectivity index (χ1n) is 3.64. The van der Waals surface area contributed by atoms with E-state index >= 15 is 0 Å². The van der Waals surface area contributed by atoms with Gasteiger partial charge in [0.2, 0.25) is 0 Å². The Morgan fingerprint density at radius 2 is 2.00 bits per heavy atom. The van der Waals surface area contributed by atoms with Gasteiger partial charge >= 0.3 is 0 Å². The van der Waals surface area contributed by atoms with Crippen LogP contribution < -0.4 is 4.74 Å². The molecule has 1 nitrogen and oxygen atoms in total. The number of ether oxygens (including phenoxy) is 1. The topological polar surface area (TPSA) is 9.23 Å². The molecular weight excluding hydrogens is 362 g/mol. The van der Waals surface area contributed by atoms with E-state index in [0.29, 0.717) is 11.3 Å². The summed E-state index contributed by atoms with van der Waals surface area (Å²) in [6, 6.07) is 1.15. The molecular formula is C8H3Br2Cl2FO. The van der Waals surface area contributed by atoms with Crippen molar-refractivity contribution >= 4 is 55.1 Å². The van der Waals surface area contributed by atoms with Crippen LogP contribution in [0, 0.1) is 5.82 Å². The molecule has 6 heteroatoms. The molecule has 0 saturated heterocycles. The van der Waals surface area contributed by atoms with Crippen LogP contribution in [-0.2, 0) is 0 Å². The van der Waals surface area contributed by atoms with Crippen molar-refractivity contribution < 1.29 is 9.13 Å². The molecule has 1 aromatic rings. The summed E-state index contributed by atoms with van der Waals surface area (Å²) in [6.45, 7) is 0. The molecule has 0 aromatic heterocycles. The maximum Gasteiger partial charge on any atom is 0.170 e. The molecule has 0 fully saturated rings. The molecule has 0 spiro atoms. The van der Waals surface area contributed by atoms with Gasteiger partial charge in [-0.3, -0.25) is 0 Å². The monoisotopic (exact) mass is 362 g/mol. The number of alkyl halides is 2.